The van der Waals surface area contributed by atoms with Crippen LogP contribution in [0.1, 0.15) is 35.1 Å². The highest BCUT2D eigenvalue weighted by molar-refractivity contribution is 5.98. The van der Waals surface area contributed by atoms with E-state index in [-0.39, 0.29) is 59.4 Å². The number of carboxylic acid groups (broad SMARTS) is 1. The lowest BCUT2D eigenvalue weighted by Gasteiger charge is -2.29. The summed E-state index contributed by atoms with van der Waals surface area (Å²) in [5.41, 5.74) is 1.60. The molecule has 13 heteroatoms. The smallest absolute Gasteiger partial charge is 0.471 e. The predicted molar refractivity (Wildman–Crippen MR) is 136 cm³/mol. The second-order valence-electron chi connectivity index (χ2n) is 9.45. The number of carbonyl (C=O) groups excluding carboxylic acids is 1. The summed E-state index contributed by atoms with van der Waals surface area (Å²) in [5.74, 6) is -3.28. The van der Waals surface area contributed by atoms with Crippen molar-refractivity contribution in [3.05, 3.63) is 81.4 Å². The number of carbonyl (C=O) groups is 2. The Bertz CT molecular complexity index is 1530. The van der Waals surface area contributed by atoms with Crippen molar-refractivity contribution in [2.24, 2.45) is 0 Å². The molecule has 3 aromatic carbocycles. The number of alkyl halides is 3. The number of hydrogen-bond donors (Lipinski definition) is 2. The maximum Gasteiger partial charge on any atom is 0.471 e. The number of ether oxygens (including phenoxy) is 2. The first-order chi connectivity index (χ1) is 18.9. The minimum atomic E-state index is -5.22. The van der Waals surface area contributed by atoms with Gasteiger partial charge in [0.15, 0.2) is 0 Å². The number of nitro groups is 1. The number of benzene rings is 3. The van der Waals surface area contributed by atoms with E-state index in [2.05, 4.69) is 5.32 Å². The molecular weight excluding hydrogens is 535 g/mol. The quantitative estimate of drug-likeness (QED) is 0.282. The van der Waals surface area contributed by atoms with Gasteiger partial charge in [-0.3, -0.25) is 24.6 Å². The average molecular weight is 557 g/mol. The van der Waals surface area contributed by atoms with Crippen molar-refractivity contribution in [1.82, 2.24) is 0 Å². The first-order valence-electron chi connectivity index (χ1n) is 12.1. The number of hydrogen-bond acceptors (Lipinski definition) is 7. The number of amides is 1. The number of carboxylic acids is 1. The number of aryl methyl sites for hydroxylation is 1. The largest absolute Gasteiger partial charge is 0.493 e. The number of para-hydroxylation sites is 1. The highest BCUT2D eigenvalue weighted by Gasteiger charge is 2.48. The fraction of sp³-hybridized carbons (Fsp3) is 0.259. The van der Waals surface area contributed by atoms with Crippen LogP contribution in [0.5, 0.6) is 11.5 Å². The number of nitro benzene ring substituents is 1. The van der Waals surface area contributed by atoms with Gasteiger partial charge in [0.05, 0.1) is 29.7 Å². The van der Waals surface area contributed by atoms with Gasteiger partial charge in [0.2, 0.25) is 0 Å². The van der Waals surface area contributed by atoms with Crippen molar-refractivity contribution in [2.45, 2.75) is 31.5 Å². The predicted octanol–water partition coefficient (Wildman–Crippen LogP) is 5.63. The first kappa shape index (κ1) is 26.8. The maximum absolute atomic E-state index is 13.8. The van der Waals surface area contributed by atoms with Gasteiger partial charge >= 0.3 is 18.1 Å². The molecule has 2 heterocycles. The minimum Gasteiger partial charge on any atom is -0.493 e. The Labute approximate surface area is 225 Å². The molecule has 0 fully saturated rings. The molecule has 208 valence electrons. The number of anilines is 3. The van der Waals surface area contributed by atoms with Gasteiger partial charge in [-0.15, -0.1) is 0 Å². The van der Waals surface area contributed by atoms with Gasteiger partial charge in [-0.05, 0) is 30.7 Å². The van der Waals surface area contributed by atoms with E-state index in [4.69, 9.17) is 14.6 Å². The van der Waals surface area contributed by atoms with Crippen LogP contribution in [0, 0.1) is 17.0 Å². The summed E-state index contributed by atoms with van der Waals surface area (Å²) in [7, 11) is 0. The van der Waals surface area contributed by atoms with E-state index in [1.165, 1.54) is 36.4 Å². The SMILES string of the molecule is Cc1ccc(Nc2cccc3c2OCC3N(C(=O)C(F)(F)F)c2ccc3c(c2)OC[C@H]3CC(=O)O)c([N+](=O)[O-])c1. The van der Waals surface area contributed by atoms with Gasteiger partial charge in [-0.2, -0.15) is 13.2 Å². The standard InChI is InChI=1S/C27H22F3N3O7/c1-14-5-8-19(21(9-14)33(37)38)31-20-4-2-3-18-22(13-40-25(18)20)32(26(36)27(28,29)30)16-6-7-17-15(10-24(34)35)12-39-23(17)11-16/h2-9,11,15,22,31H,10,12-13H2,1H3,(H,34,35)/t15-,22?/m1/s1. The molecule has 10 nitrogen and oxygen atoms in total. The Morgan fingerprint density at radius 1 is 1.07 bits per heavy atom. The molecule has 0 radical (unpaired) electrons. The minimum absolute atomic E-state index is 0.0495. The van der Waals surface area contributed by atoms with Gasteiger partial charge < -0.3 is 19.9 Å². The van der Waals surface area contributed by atoms with Gasteiger partial charge in [0.25, 0.3) is 5.69 Å². The van der Waals surface area contributed by atoms with Crippen LogP contribution in [-0.2, 0) is 9.59 Å². The van der Waals surface area contributed by atoms with Crippen molar-refractivity contribution >= 4 is 34.6 Å². The van der Waals surface area contributed by atoms with Gasteiger partial charge in [0.1, 0.15) is 23.8 Å². The topological polar surface area (TPSA) is 131 Å². The van der Waals surface area contributed by atoms with Gasteiger partial charge in [-0.25, -0.2) is 0 Å². The van der Waals surface area contributed by atoms with Crippen LogP contribution in [0.4, 0.5) is 35.9 Å². The van der Waals surface area contributed by atoms with E-state index in [1.54, 1.807) is 25.1 Å². The Morgan fingerprint density at radius 3 is 2.55 bits per heavy atom. The van der Waals surface area contributed by atoms with E-state index < -0.39 is 34.9 Å². The molecule has 0 aromatic heterocycles. The molecule has 40 heavy (non-hydrogen) atoms. The number of rotatable bonds is 7. The molecule has 2 aliphatic heterocycles. The third-order valence-corrected chi connectivity index (χ3v) is 6.76. The van der Waals surface area contributed by atoms with Crippen LogP contribution in [0.15, 0.2) is 54.6 Å². The molecule has 2 atom stereocenters. The average Bonchev–Trinajstić information content (AvgIpc) is 3.49. The number of nitrogens with zero attached hydrogens (tertiary/aromatic N) is 2. The normalized spacial score (nSPS) is 17.3. The summed E-state index contributed by atoms with van der Waals surface area (Å²) in [4.78, 5) is 35.5. The number of aliphatic carboxylic acids is 1. The van der Waals surface area contributed by atoms with Crippen LogP contribution in [0.2, 0.25) is 0 Å². The maximum atomic E-state index is 13.8. The van der Waals surface area contributed by atoms with Crippen LogP contribution >= 0.6 is 0 Å². The van der Waals surface area contributed by atoms with E-state index in [1.807, 2.05) is 0 Å². The lowest BCUT2D eigenvalue weighted by Crippen LogP contribution is -2.44. The highest BCUT2D eigenvalue weighted by Crippen LogP contribution is 2.47. The molecule has 0 saturated carbocycles. The molecule has 3 aromatic rings. The molecule has 1 amide bonds. The molecule has 0 bridgehead atoms. The van der Waals surface area contributed by atoms with E-state index >= 15 is 0 Å². The monoisotopic (exact) mass is 557 g/mol. The zero-order chi connectivity index (χ0) is 28.8. The van der Waals surface area contributed by atoms with Crippen LogP contribution in [0.3, 0.4) is 0 Å². The second-order valence-corrected chi connectivity index (χ2v) is 9.45. The van der Waals surface area contributed by atoms with Crippen LogP contribution < -0.4 is 19.7 Å². The Hall–Kier alpha value is -4.81. The summed E-state index contributed by atoms with van der Waals surface area (Å²) >= 11 is 0. The summed E-state index contributed by atoms with van der Waals surface area (Å²) in [5, 5.41) is 23.6. The molecule has 2 aliphatic rings. The third kappa shape index (κ3) is 4.97. The van der Waals surface area contributed by atoms with E-state index in [9.17, 15) is 32.9 Å². The highest BCUT2D eigenvalue weighted by atomic mass is 19.4. The number of nitrogens with one attached hydrogen (secondary N) is 1. The second kappa shape index (κ2) is 10.1. The van der Waals surface area contributed by atoms with E-state index in [0.29, 0.717) is 16.0 Å². The Balaban J connectivity index is 1.52. The molecule has 2 N–H and O–H groups in total. The third-order valence-electron chi connectivity index (χ3n) is 6.76. The molecule has 0 spiro atoms. The van der Waals surface area contributed by atoms with Crippen molar-refractivity contribution in [2.75, 3.05) is 23.4 Å². The number of fused-ring (bicyclic) bond motifs is 2. The zero-order valence-electron chi connectivity index (χ0n) is 20.9. The molecular formula is C27H22F3N3O7. The Morgan fingerprint density at radius 2 is 1.85 bits per heavy atom. The molecule has 0 saturated heterocycles. The van der Waals surface area contributed by atoms with Crippen molar-refractivity contribution in [3.63, 3.8) is 0 Å². The summed E-state index contributed by atoms with van der Waals surface area (Å²) in [6, 6.07) is 12.1. The van der Waals surface area contributed by atoms with Crippen LogP contribution in [-0.4, -0.2) is 41.3 Å². The van der Waals surface area contributed by atoms with Crippen molar-refractivity contribution < 1.29 is 42.3 Å². The molecule has 0 aliphatic carbocycles. The first-order valence-corrected chi connectivity index (χ1v) is 12.1. The fourth-order valence-electron chi connectivity index (χ4n) is 4.96. The van der Waals surface area contributed by atoms with Crippen molar-refractivity contribution in [3.8, 4) is 11.5 Å². The van der Waals surface area contributed by atoms with Gasteiger partial charge in [-0.1, -0.05) is 24.3 Å². The fourth-order valence-corrected chi connectivity index (χ4v) is 4.96. The van der Waals surface area contributed by atoms with Gasteiger partial charge in [0, 0.05) is 34.9 Å². The summed E-state index contributed by atoms with van der Waals surface area (Å²) in [6.45, 7) is 1.44. The Kier molecular flexibility index (Phi) is 6.74. The lowest BCUT2D eigenvalue weighted by molar-refractivity contribution is -0.384. The lowest BCUT2D eigenvalue weighted by atomic mass is 9.97. The van der Waals surface area contributed by atoms with E-state index in [0.717, 1.165) is 0 Å². The van der Waals surface area contributed by atoms with Crippen LogP contribution in [0.25, 0.3) is 0 Å². The molecule has 5 rings (SSSR count). The summed E-state index contributed by atoms with van der Waals surface area (Å²) in [6.07, 6.45) is -5.43. The number of halogens is 3. The summed E-state index contributed by atoms with van der Waals surface area (Å²) < 4.78 is 52.7. The zero-order valence-corrected chi connectivity index (χ0v) is 20.9. The van der Waals surface area contributed by atoms with Crippen molar-refractivity contribution in [1.29, 1.82) is 0 Å². The molecule has 1 unspecified atom stereocenters.